The highest BCUT2D eigenvalue weighted by molar-refractivity contribution is 7.99. The molecule has 0 aliphatic rings. The summed E-state index contributed by atoms with van der Waals surface area (Å²) in [5.41, 5.74) is 1.77. The second-order valence-corrected chi connectivity index (χ2v) is 7.08. The van der Waals surface area contributed by atoms with Gasteiger partial charge in [-0.1, -0.05) is 23.7 Å². The number of halogens is 1. The van der Waals surface area contributed by atoms with Crippen LogP contribution >= 0.6 is 23.4 Å². The topological polar surface area (TPSA) is 47.6 Å². The van der Waals surface area contributed by atoms with Crippen LogP contribution in [-0.4, -0.2) is 31.1 Å². The number of methoxy groups -OCH3 is 1. The Morgan fingerprint density at radius 3 is 2.80 bits per heavy atom. The maximum atomic E-state index is 12.0. The Balaban J connectivity index is 1.65. The van der Waals surface area contributed by atoms with E-state index in [1.54, 1.807) is 37.1 Å². The van der Waals surface area contributed by atoms with Crippen LogP contribution in [0.25, 0.3) is 0 Å². The molecule has 1 N–H and O–H groups in total. The van der Waals surface area contributed by atoms with Crippen molar-refractivity contribution in [2.75, 3.05) is 30.5 Å². The summed E-state index contributed by atoms with van der Waals surface area (Å²) in [5.74, 6) is 2.98. The smallest absolute Gasteiger partial charge is 0.225 e. The van der Waals surface area contributed by atoms with Gasteiger partial charge < -0.3 is 14.8 Å². The van der Waals surface area contributed by atoms with Crippen LogP contribution in [0.15, 0.2) is 42.5 Å². The van der Waals surface area contributed by atoms with E-state index < -0.39 is 0 Å². The lowest BCUT2D eigenvalue weighted by molar-refractivity contribution is -0.115. The molecule has 134 valence electrons. The SMILES string of the molecule is COc1ccc(Cl)cc1NC(=O)CCSCCOc1cccc(C)c1. The van der Waals surface area contributed by atoms with Crippen LogP contribution in [0.2, 0.25) is 5.02 Å². The average Bonchev–Trinajstić information content (AvgIpc) is 2.58. The molecule has 0 radical (unpaired) electrons. The average molecular weight is 380 g/mol. The summed E-state index contributed by atoms with van der Waals surface area (Å²) in [6.07, 6.45) is 0.421. The van der Waals surface area contributed by atoms with Crippen molar-refractivity contribution < 1.29 is 14.3 Å². The fourth-order valence-corrected chi connectivity index (χ4v) is 3.09. The quantitative estimate of drug-likeness (QED) is 0.636. The summed E-state index contributed by atoms with van der Waals surface area (Å²) in [4.78, 5) is 12.0. The van der Waals surface area contributed by atoms with Crippen molar-refractivity contribution in [3.63, 3.8) is 0 Å². The van der Waals surface area contributed by atoms with Crippen LogP contribution in [0, 0.1) is 6.92 Å². The first-order chi connectivity index (χ1) is 12.1. The van der Waals surface area contributed by atoms with E-state index in [1.807, 2.05) is 31.2 Å². The zero-order valence-corrected chi connectivity index (χ0v) is 16.0. The first-order valence-electron chi connectivity index (χ1n) is 7.99. The third-order valence-corrected chi connectivity index (χ3v) is 4.58. The summed E-state index contributed by atoms with van der Waals surface area (Å²) < 4.78 is 10.9. The molecule has 2 rings (SSSR count). The van der Waals surface area contributed by atoms with Crippen LogP contribution in [0.5, 0.6) is 11.5 Å². The van der Waals surface area contributed by atoms with Crippen molar-refractivity contribution in [1.29, 1.82) is 0 Å². The van der Waals surface area contributed by atoms with Crippen molar-refractivity contribution in [2.24, 2.45) is 0 Å². The number of anilines is 1. The fourth-order valence-electron chi connectivity index (χ4n) is 2.18. The van der Waals surface area contributed by atoms with Crippen molar-refractivity contribution in [2.45, 2.75) is 13.3 Å². The minimum absolute atomic E-state index is 0.0623. The molecule has 0 bridgehead atoms. The highest BCUT2D eigenvalue weighted by Gasteiger charge is 2.08. The molecular weight excluding hydrogens is 358 g/mol. The minimum Gasteiger partial charge on any atom is -0.495 e. The second-order valence-electron chi connectivity index (χ2n) is 5.42. The number of thioether (sulfide) groups is 1. The molecule has 0 spiro atoms. The number of amides is 1. The van der Waals surface area contributed by atoms with Crippen molar-refractivity contribution in [3.05, 3.63) is 53.1 Å². The molecular formula is C19H22ClNO3S. The molecule has 0 fully saturated rings. The zero-order valence-electron chi connectivity index (χ0n) is 14.4. The Morgan fingerprint density at radius 2 is 2.04 bits per heavy atom. The lowest BCUT2D eigenvalue weighted by Gasteiger charge is -2.10. The van der Waals surface area contributed by atoms with Gasteiger partial charge >= 0.3 is 0 Å². The lowest BCUT2D eigenvalue weighted by Crippen LogP contribution is -2.13. The molecule has 0 aromatic heterocycles. The number of hydrogen-bond donors (Lipinski definition) is 1. The van der Waals surface area contributed by atoms with Crippen LogP contribution in [0.4, 0.5) is 5.69 Å². The van der Waals surface area contributed by atoms with Crippen LogP contribution in [0.3, 0.4) is 0 Å². The van der Waals surface area contributed by atoms with Gasteiger partial charge in [-0.2, -0.15) is 11.8 Å². The Kier molecular flexibility index (Phi) is 7.95. The van der Waals surface area contributed by atoms with Gasteiger partial charge in [-0.05, 0) is 42.8 Å². The molecule has 0 saturated carbocycles. The number of ether oxygens (including phenoxy) is 2. The van der Waals surface area contributed by atoms with E-state index in [-0.39, 0.29) is 5.91 Å². The highest BCUT2D eigenvalue weighted by atomic mass is 35.5. The Bertz CT molecular complexity index is 709. The molecule has 0 heterocycles. The van der Waals surface area contributed by atoms with E-state index >= 15 is 0 Å². The Labute approximate surface area is 157 Å². The Hall–Kier alpha value is -1.85. The number of aryl methyl sites for hydroxylation is 1. The standard InChI is InChI=1S/C19H22ClNO3S/c1-14-4-3-5-16(12-14)24-9-11-25-10-8-19(22)21-17-13-15(20)6-7-18(17)23-2/h3-7,12-13H,8-11H2,1-2H3,(H,21,22). The van der Waals surface area contributed by atoms with E-state index in [0.29, 0.717) is 29.5 Å². The van der Waals surface area contributed by atoms with E-state index in [4.69, 9.17) is 21.1 Å². The molecule has 0 aliphatic carbocycles. The fraction of sp³-hybridized carbons (Fsp3) is 0.316. The van der Waals surface area contributed by atoms with Crippen LogP contribution in [0.1, 0.15) is 12.0 Å². The summed E-state index contributed by atoms with van der Waals surface area (Å²) in [6.45, 7) is 2.66. The molecule has 2 aromatic carbocycles. The van der Waals surface area contributed by atoms with Crippen LogP contribution in [-0.2, 0) is 4.79 Å². The number of rotatable bonds is 9. The normalized spacial score (nSPS) is 10.4. The predicted octanol–water partition coefficient (Wildman–Crippen LogP) is 4.80. The molecule has 1 amide bonds. The first-order valence-corrected chi connectivity index (χ1v) is 9.52. The summed E-state index contributed by atoms with van der Waals surface area (Å²) in [5, 5.41) is 3.39. The van der Waals surface area contributed by atoms with Crippen molar-refractivity contribution >= 4 is 35.0 Å². The van der Waals surface area contributed by atoms with Crippen LogP contribution < -0.4 is 14.8 Å². The maximum Gasteiger partial charge on any atom is 0.225 e. The highest BCUT2D eigenvalue weighted by Crippen LogP contribution is 2.27. The molecule has 0 aliphatic heterocycles. The monoisotopic (exact) mass is 379 g/mol. The third-order valence-electron chi connectivity index (χ3n) is 3.40. The first kappa shape index (κ1) is 19.5. The number of carbonyl (C=O) groups is 1. The van der Waals surface area contributed by atoms with E-state index in [1.165, 1.54) is 5.56 Å². The zero-order chi connectivity index (χ0) is 18.1. The van der Waals surface area contributed by atoms with Gasteiger partial charge in [0, 0.05) is 22.9 Å². The Morgan fingerprint density at radius 1 is 1.20 bits per heavy atom. The molecule has 6 heteroatoms. The largest absolute Gasteiger partial charge is 0.495 e. The third kappa shape index (κ3) is 6.88. The van der Waals surface area contributed by atoms with Gasteiger partial charge in [-0.25, -0.2) is 0 Å². The molecule has 0 atom stereocenters. The number of benzene rings is 2. The lowest BCUT2D eigenvalue weighted by atomic mass is 10.2. The van der Waals surface area contributed by atoms with Gasteiger partial charge in [0.05, 0.1) is 19.4 Å². The summed E-state index contributed by atoms with van der Waals surface area (Å²) in [7, 11) is 1.56. The molecule has 4 nitrogen and oxygen atoms in total. The molecule has 25 heavy (non-hydrogen) atoms. The maximum absolute atomic E-state index is 12.0. The summed E-state index contributed by atoms with van der Waals surface area (Å²) >= 11 is 7.64. The molecule has 0 saturated heterocycles. The molecule has 2 aromatic rings. The van der Waals surface area contributed by atoms with Gasteiger partial charge in [0.25, 0.3) is 0 Å². The predicted molar refractivity (Wildman–Crippen MR) is 105 cm³/mol. The molecule has 0 unspecified atom stereocenters. The van der Waals surface area contributed by atoms with E-state index in [9.17, 15) is 4.79 Å². The van der Waals surface area contributed by atoms with Gasteiger partial charge in [0.15, 0.2) is 0 Å². The second kappa shape index (κ2) is 10.2. The number of hydrogen-bond acceptors (Lipinski definition) is 4. The van der Waals surface area contributed by atoms with E-state index in [2.05, 4.69) is 5.32 Å². The number of nitrogens with one attached hydrogen (secondary N) is 1. The van der Waals surface area contributed by atoms with Gasteiger partial charge in [-0.15, -0.1) is 0 Å². The van der Waals surface area contributed by atoms with E-state index in [0.717, 1.165) is 17.3 Å². The number of carbonyl (C=O) groups excluding carboxylic acids is 1. The van der Waals surface area contributed by atoms with Gasteiger partial charge in [0.2, 0.25) is 5.91 Å². The van der Waals surface area contributed by atoms with Crippen molar-refractivity contribution in [1.82, 2.24) is 0 Å². The van der Waals surface area contributed by atoms with Crippen molar-refractivity contribution in [3.8, 4) is 11.5 Å². The minimum atomic E-state index is -0.0623. The summed E-state index contributed by atoms with van der Waals surface area (Å²) in [6, 6.07) is 13.1. The van der Waals surface area contributed by atoms with Gasteiger partial charge in [0.1, 0.15) is 11.5 Å². The van der Waals surface area contributed by atoms with Gasteiger partial charge in [-0.3, -0.25) is 4.79 Å².